The van der Waals surface area contributed by atoms with Crippen molar-refractivity contribution in [2.45, 2.75) is 45.7 Å². The maximum Gasteiger partial charge on any atom is 0.325 e. The lowest BCUT2D eigenvalue weighted by Gasteiger charge is -2.26. The van der Waals surface area contributed by atoms with Gasteiger partial charge in [0, 0.05) is 13.1 Å². The van der Waals surface area contributed by atoms with Crippen LogP contribution in [0.25, 0.3) is 0 Å². The van der Waals surface area contributed by atoms with Gasteiger partial charge in [-0.25, -0.2) is 4.79 Å². The molecule has 1 aliphatic rings. The Kier molecular flexibility index (Phi) is 7.10. The first-order chi connectivity index (χ1) is 14.8. The maximum absolute atomic E-state index is 13.2. The van der Waals surface area contributed by atoms with Crippen molar-refractivity contribution in [2.24, 2.45) is 5.92 Å². The molecule has 1 atom stereocenters. The molecule has 1 heterocycles. The van der Waals surface area contributed by atoms with E-state index in [1.54, 1.807) is 11.8 Å². The third-order valence-corrected chi connectivity index (χ3v) is 5.54. The molecule has 0 bridgehead atoms. The van der Waals surface area contributed by atoms with Crippen molar-refractivity contribution >= 4 is 17.8 Å². The van der Waals surface area contributed by atoms with Gasteiger partial charge in [-0.05, 0) is 36.8 Å². The molecule has 3 rings (SSSR count). The van der Waals surface area contributed by atoms with E-state index in [-0.39, 0.29) is 24.3 Å². The number of hydrogen-bond acceptors (Lipinski definition) is 3. The molecule has 31 heavy (non-hydrogen) atoms. The van der Waals surface area contributed by atoms with E-state index in [1.807, 2.05) is 74.5 Å². The number of urea groups is 1. The maximum atomic E-state index is 13.2. The van der Waals surface area contributed by atoms with Crippen LogP contribution in [0.15, 0.2) is 60.7 Å². The minimum atomic E-state index is -0.959. The van der Waals surface area contributed by atoms with E-state index in [2.05, 4.69) is 5.32 Å². The molecule has 2 aromatic rings. The normalized spacial score (nSPS) is 18.4. The fourth-order valence-electron chi connectivity index (χ4n) is 4.09. The standard InChI is InChI=1S/C25H31N3O3/c1-19(2)16-25(3)23(30)28(24(31)26-25)18-22(29)27(17-21-12-8-5-9-13-21)15-14-20-10-6-4-7-11-20/h4-13,19H,14-18H2,1-3H3,(H,26,31)/t25-/m0/s1. The van der Waals surface area contributed by atoms with Crippen molar-refractivity contribution in [2.75, 3.05) is 13.1 Å². The average molecular weight is 422 g/mol. The third kappa shape index (κ3) is 5.72. The van der Waals surface area contributed by atoms with Crippen LogP contribution in [0.5, 0.6) is 0 Å². The third-order valence-electron chi connectivity index (χ3n) is 5.54. The van der Waals surface area contributed by atoms with Crippen LogP contribution in [0.2, 0.25) is 0 Å². The Hall–Kier alpha value is -3.15. The highest BCUT2D eigenvalue weighted by molar-refractivity contribution is 6.08. The number of benzene rings is 2. The average Bonchev–Trinajstić information content (AvgIpc) is 2.94. The predicted octanol–water partition coefficient (Wildman–Crippen LogP) is 3.61. The highest BCUT2D eigenvalue weighted by Gasteiger charge is 2.48. The zero-order valence-corrected chi connectivity index (χ0v) is 18.5. The summed E-state index contributed by atoms with van der Waals surface area (Å²) in [6, 6.07) is 19.2. The number of carbonyl (C=O) groups is 3. The van der Waals surface area contributed by atoms with Gasteiger partial charge in [0.15, 0.2) is 0 Å². The fourth-order valence-corrected chi connectivity index (χ4v) is 4.09. The van der Waals surface area contributed by atoms with Crippen LogP contribution in [-0.2, 0) is 22.6 Å². The quantitative estimate of drug-likeness (QED) is 0.629. The van der Waals surface area contributed by atoms with Gasteiger partial charge >= 0.3 is 6.03 Å². The number of nitrogens with zero attached hydrogens (tertiary/aromatic N) is 2. The molecule has 6 heteroatoms. The van der Waals surface area contributed by atoms with Crippen LogP contribution < -0.4 is 5.32 Å². The summed E-state index contributed by atoms with van der Waals surface area (Å²) in [6.45, 7) is 6.42. The molecule has 0 unspecified atom stereocenters. The second-order valence-corrected chi connectivity index (χ2v) is 8.79. The van der Waals surface area contributed by atoms with Gasteiger partial charge in [0.25, 0.3) is 5.91 Å². The number of nitrogens with one attached hydrogen (secondary N) is 1. The Balaban J connectivity index is 1.72. The number of hydrogen-bond donors (Lipinski definition) is 1. The van der Waals surface area contributed by atoms with Crippen LogP contribution in [-0.4, -0.2) is 46.3 Å². The lowest BCUT2D eigenvalue weighted by atomic mass is 9.91. The zero-order valence-electron chi connectivity index (χ0n) is 18.5. The molecular weight excluding hydrogens is 390 g/mol. The van der Waals surface area contributed by atoms with Crippen LogP contribution in [0.4, 0.5) is 4.79 Å². The summed E-state index contributed by atoms with van der Waals surface area (Å²) in [5.41, 5.74) is 1.18. The summed E-state index contributed by atoms with van der Waals surface area (Å²) < 4.78 is 0. The fraction of sp³-hybridized carbons (Fsp3) is 0.400. The summed E-state index contributed by atoms with van der Waals surface area (Å²) in [7, 11) is 0. The van der Waals surface area contributed by atoms with Gasteiger partial charge < -0.3 is 10.2 Å². The number of amides is 4. The first kappa shape index (κ1) is 22.5. The topological polar surface area (TPSA) is 69.7 Å². The van der Waals surface area contributed by atoms with Gasteiger partial charge in [-0.3, -0.25) is 14.5 Å². The SMILES string of the molecule is CC(C)C[C@]1(C)NC(=O)N(CC(=O)N(CCc2ccccc2)Cc2ccccc2)C1=O. The van der Waals surface area contributed by atoms with Crippen molar-refractivity contribution in [3.63, 3.8) is 0 Å². The van der Waals surface area contributed by atoms with Crippen LogP contribution in [0, 0.1) is 5.92 Å². The Labute approximate surface area is 184 Å². The van der Waals surface area contributed by atoms with Gasteiger partial charge in [0.1, 0.15) is 12.1 Å². The summed E-state index contributed by atoms with van der Waals surface area (Å²) in [5.74, 6) is -0.329. The minimum absolute atomic E-state index is 0.239. The molecule has 1 N–H and O–H groups in total. The number of carbonyl (C=O) groups excluding carboxylic acids is 3. The molecule has 1 aliphatic heterocycles. The van der Waals surface area contributed by atoms with Crippen molar-refractivity contribution in [1.29, 1.82) is 0 Å². The molecule has 0 aromatic heterocycles. The zero-order chi connectivity index (χ0) is 22.4. The van der Waals surface area contributed by atoms with Crippen LogP contribution in [0.3, 0.4) is 0 Å². The monoisotopic (exact) mass is 421 g/mol. The van der Waals surface area contributed by atoms with E-state index in [1.165, 1.54) is 0 Å². The Bertz CT molecular complexity index is 914. The Morgan fingerprint density at radius 3 is 2.16 bits per heavy atom. The lowest BCUT2D eigenvalue weighted by molar-refractivity contribution is -0.139. The van der Waals surface area contributed by atoms with E-state index in [4.69, 9.17) is 0 Å². The van der Waals surface area contributed by atoms with Gasteiger partial charge in [-0.2, -0.15) is 0 Å². The van der Waals surface area contributed by atoms with Crippen LogP contribution >= 0.6 is 0 Å². The number of rotatable bonds is 9. The molecular formula is C25H31N3O3. The van der Waals surface area contributed by atoms with E-state index >= 15 is 0 Å². The molecule has 2 aromatic carbocycles. The molecule has 164 valence electrons. The molecule has 0 radical (unpaired) electrons. The summed E-state index contributed by atoms with van der Waals surface area (Å²) in [4.78, 5) is 41.4. The molecule has 0 spiro atoms. The highest BCUT2D eigenvalue weighted by Crippen LogP contribution is 2.25. The van der Waals surface area contributed by atoms with Crippen molar-refractivity contribution < 1.29 is 14.4 Å². The van der Waals surface area contributed by atoms with Gasteiger partial charge in [-0.1, -0.05) is 74.5 Å². The lowest BCUT2D eigenvalue weighted by Crippen LogP contribution is -2.46. The molecule has 1 fully saturated rings. The Morgan fingerprint density at radius 2 is 1.58 bits per heavy atom. The largest absolute Gasteiger partial charge is 0.336 e. The minimum Gasteiger partial charge on any atom is -0.336 e. The van der Waals surface area contributed by atoms with E-state index in [0.29, 0.717) is 25.9 Å². The van der Waals surface area contributed by atoms with Crippen molar-refractivity contribution in [1.82, 2.24) is 15.1 Å². The van der Waals surface area contributed by atoms with Crippen molar-refractivity contribution in [3.05, 3.63) is 71.8 Å². The van der Waals surface area contributed by atoms with E-state index in [0.717, 1.165) is 16.0 Å². The van der Waals surface area contributed by atoms with Gasteiger partial charge in [0.05, 0.1) is 0 Å². The van der Waals surface area contributed by atoms with Crippen molar-refractivity contribution in [3.8, 4) is 0 Å². The molecule has 0 aliphatic carbocycles. The van der Waals surface area contributed by atoms with Gasteiger partial charge in [0.2, 0.25) is 5.91 Å². The molecule has 4 amide bonds. The molecule has 0 saturated carbocycles. The van der Waals surface area contributed by atoms with Crippen LogP contribution in [0.1, 0.15) is 38.3 Å². The first-order valence-electron chi connectivity index (χ1n) is 10.8. The second kappa shape index (κ2) is 9.77. The highest BCUT2D eigenvalue weighted by atomic mass is 16.2. The molecule has 1 saturated heterocycles. The number of imide groups is 1. The second-order valence-electron chi connectivity index (χ2n) is 8.79. The van der Waals surface area contributed by atoms with Gasteiger partial charge in [-0.15, -0.1) is 0 Å². The predicted molar refractivity (Wildman–Crippen MR) is 120 cm³/mol. The van der Waals surface area contributed by atoms with E-state index < -0.39 is 11.6 Å². The summed E-state index contributed by atoms with van der Waals surface area (Å²) in [5, 5.41) is 2.78. The van der Waals surface area contributed by atoms with E-state index in [9.17, 15) is 14.4 Å². The summed E-state index contributed by atoms with van der Waals surface area (Å²) in [6.07, 6.45) is 1.23. The summed E-state index contributed by atoms with van der Waals surface area (Å²) >= 11 is 0. The smallest absolute Gasteiger partial charge is 0.325 e. The first-order valence-corrected chi connectivity index (χ1v) is 10.8. The Morgan fingerprint density at radius 1 is 1.00 bits per heavy atom. The molecule has 6 nitrogen and oxygen atoms in total.